The van der Waals surface area contributed by atoms with E-state index in [9.17, 15) is 9.90 Å². The highest BCUT2D eigenvalue weighted by atomic mass is 16.3. The Morgan fingerprint density at radius 3 is 2.48 bits per heavy atom. The van der Waals surface area contributed by atoms with E-state index < -0.39 is 0 Å². The summed E-state index contributed by atoms with van der Waals surface area (Å²) in [6, 6.07) is 5.94. The van der Waals surface area contributed by atoms with E-state index in [2.05, 4.69) is 4.90 Å². The SMILES string of the molecule is Cc1ccc(O)c(C(=O)N2CCN(C3CCCC3)CC2)c1. The van der Waals surface area contributed by atoms with Crippen LogP contribution in [0.5, 0.6) is 5.75 Å². The molecule has 0 unspecified atom stereocenters. The van der Waals surface area contributed by atoms with Crippen LogP contribution in [0, 0.1) is 6.92 Å². The van der Waals surface area contributed by atoms with E-state index in [1.54, 1.807) is 12.1 Å². The minimum atomic E-state index is -0.0396. The molecule has 0 radical (unpaired) electrons. The Morgan fingerprint density at radius 1 is 1.14 bits per heavy atom. The van der Waals surface area contributed by atoms with Gasteiger partial charge in [0.25, 0.3) is 5.91 Å². The Labute approximate surface area is 126 Å². The molecule has 0 spiro atoms. The molecule has 3 rings (SSSR count). The Kier molecular flexibility index (Phi) is 4.15. The van der Waals surface area contributed by atoms with Crippen LogP contribution >= 0.6 is 0 Å². The summed E-state index contributed by atoms with van der Waals surface area (Å²) >= 11 is 0. The first-order valence-electron chi connectivity index (χ1n) is 7.98. The van der Waals surface area contributed by atoms with Crippen molar-refractivity contribution in [1.82, 2.24) is 9.80 Å². The first-order chi connectivity index (χ1) is 10.1. The van der Waals surface area contributed by atoms with Crippen LogP contribution in [0.25, 0.3) is 0 Å². The van der Waals surface area contributed by atoms with Gasteiger partial charge in [-0.2, -0.15) is 0 Å². The molecule has 4 heteroatoms. The number of carbonyl (C=O) groups is 1. The molecule has 2 aliphatic rings. The van der Waals surface area contributed by atoms with Crippen LogP contribution in [0.1, 0.15) is 41.6 Å². The Balaban J connectivity index is 1.63. The second-order valence-corrected chi connectivity index (χ2v) is 6.29. The van der Waals surface area contributed by atoms with Crippen molar-refractivity contribution < 1.29 is 9.90 Å². The van der Waals surface area contributed by atoms with Gasteiger partial charge in [-0.15, -0.1) is 0 Å². The average molecular weight is 288 g/mol. The quantitative estimate of drug-likeness (QED) is 0.909. The zero-order valence-corrected chi connectivity index (χ0v) is 12.7. The van der Waals surface area contributed by atoms with Crippen LogP contribution in [0.2, 0.25) is 0 Å². The third kappa shape index (κ3) is 3.05. The number of carbonyl (C=O) groups excluding carboxylic acids is 1. The number of benzene rings is 1. The van der Waals surface area contributed by atoms with Crippen LogP contribution in [-0.2, 0) is 0 Å². The topological polar surface area (TPSA) is 43.8 Å². The predicted molar refractivity (Wildman–Crippen MR) is 82.6 cm³/mol. The van der Waals surface area contributed by atoms with Crippen molar-refractivity contribution in [3.05, 3.63) is 29.3 Å². The smallest absolute Gasteiger partial charge is 0.257 e. The van der Waals surface area contributed by atoms with Gasteiger partial charge in [0, 0.05) is 32.2 Å². The molecule has 1 aliphatic carbocycles. The third-order valence-corrected chi connectivity index (χ3v) is 4.83. The number of rotatable bonds is 2. The lowest BCUT2D eigenvalue weighted by molar-refractivity contribution is 0.0570. The monoisotopic (exact) mass is 288 g/mol. The molecule has 0 aromatic heterocycles. The molecule has 4 nitrogen and oxygen atoms in total. The molecule has 1 N–H and O–H groups in total. The minimum Gasteiger partial charge on any atom is -0.507 e. The van der Waals surface area contributed by atoms with Crippen molar-refractivity contribution >= 4 is 5.91 Å². The van der Waals surface area contributed by atoms with E-state index in [-0.39, 0.29) is 11.7 Å². The fourth-order valence-corrected chi connectivity index (χ4v) is 3.55. The van der Waals surface area contributed by atoms with Crippen LogP contribution in [0.15, 0.2) is 18.2 Å². The van der Waals surface area contributed by atoms with E-state index in [0.717, 1.165) is 37.8 Å². The van der Waals surface area contributed by atoms with Gasteiger partial charge in [-0.05, 0) is 31.9 Å². The molecule has 114 valence electrons. The molecule has 1 aromatic carbocycles. The predicted octanol–water partition coefficient (Wildman–Crippen LogP) is 2.40. The number of hydrogen-bond donors (Lipinski definition) is 1. The highest BCUT2D eigenvalue weighted by Crippen LogP contribution is 2.25. The summed E-state index contributed by atoms with van der Waals surface area (Å²) in [4.78, 5) is 17.0. The van der Waals surface area contributed by atoms with Crippen molar-refractivity contribution in [1.29, 1.82) is 0 Å². The number of phenolic OH excluding ortho intramolecular Hbond substituents is 1. The van der Waals surface area contributed by atoms with Crippen LogP contribution in [0.3, 0.4) is 0 Å². The summed E-state index contributed by atoms with van der Waals surface area (Å²) in [5, 5.41) is 9.90. The van der Waals surface area contributed by atoms with Crippen molar-refractivity contribution in [3.63, 3.8) is 0 Å². The lowest BCUT2D eigenvalue weighted by Gasteiger charge is -2.38. The number of hydrogen-bond acceptors (Lipinski definition) is 3. The van der Waals surface area contributed by atoms with Crippen LogP contribution in [-0.4, -0.2) is 53.0 Å². The summed E-state index contributed by atoms with van der Waals surface area (Å²) in [6.45, 7) is 5.39. The molecule has 0 bridgehead atoms. The number of phenols is 1. The van der Waals surface area contributed by atoms with Gasteiger partial charge in [0.05, 0.1) is 5.56 Å². The summed E-state index contributed by atoms with van der Waals surface area (Å²) < 4.78 is 0. The highest BCUT2D eigenvalue weighted by Gasteiger charge is 2.28. The fraction of sp³-hybridized carbons (Fsp3) is 0.588. The number of piperazine rings is 1. The molecule has 1 saturated heterocycles. The standard InChI is InChI=1S/C17H24N2O2/c1-13-6-7-16(20)15(12-13)17(21)19-10-8-18(9-11-19)14-4-2-3-5-14/h6-7,12,14,20H,2-5,8-11H2,1H3. The van der Waals surface area contributed by atoms with Crippen LogP contribution in [0.4, 0.5) is 0 Å². The number of amides is 1. The molecule has 1 aromatic rings. The normalized spacial score (nSPS) is 20.9. The van der Waals surface area contributed by atoms with E-state index in [0.29, 0.717) is 5.56 Å². The fourth-order valence-electron chi connectivity index (χ4n) is 3.55. The van der Waals surface area contributed by atoms with E-state index in [1.165, 1.54) is 25.7 Å². The Bertz CT molecular complexity index is 516. The molecule has 1 amide bonds. The van der Waals surface area contributed by atoms with Crippen molar-refractivity contribution in [3.8, 4) is 5.75 Å². The average Bonchev–Trinajstić information content (AvgIpc) is 3.03. The lowest BCUT2D eigenvalue weighted by atomic mass is 10.1. The molecule has 2 fully saturated rings. The maximum Gasteiger partial charge on any atom is 0.257 e. The first-order valence-corrected chi connectivity index (χ1v) is 7.98. The van der Waals surface area contributed by atoms with Crippen molar-refractivity contribution in [2.24, 2.45) is 0 Å². The van der Waals surface area contributed by atoms with Gasteiger partial charge in [-0.1, -0.05) is 24.5 Å². The summed E-state index contributed by atoms with van der Waals surface area (Å²) in [7, 11) is 0. The molecule has 1 heterocycles. The second kappa shape index (κ2) is 6.06. The Hall–Kier alpha value is -1.55. The van der Waals surface area contributed by atoms with Gasteiger partial charge in [-0.25, -0.2) is 0 Å². The molecule has 0 atom stereocenters. The molecule has 1 aliphatic heterocycles. The summed E-state index contributed by atoms with van der Waals surface area (Å²) in [5.41, 5.74) is 1.44. The Morgan fingerprint density at radius 2 is 1.81 bits per heavy atom. The number of aromatic hydroxyl groups is 1. The third-order valence-electron chi connectivity index (χ3n) is 4.83. The molecule has 1 saturated carbocycles. The van der Waals surface area contributed by atoms with Gasteiger partial charge in [0.2, 0.25) is 0 Å². The molecular weight excluding hydrogens is 264 g/mol. The van der Waals surface area contributed by atoms with E-state index in [4.69, 9.17) is 0 Å². The van der Waals surface area contributed by atoms with Gasteiger partial charge in [0.15, 0.2) is 0 Å². The summed E-state index contributed by atoms with van der Waals surface area (Å²) in [6.07, 6.45) is 5.32. The zero-order valence-electron chi connectivity index (χ0n) is 12.7. The second-order valence-electron chi connectivity index (χ2n) is 6.29. The lowest BCUT2D eigenvalue weighted by Crippen LogP contribution is -2.51. The largest absolute Gasteiger partial charge is 0.507 e. The number of aryl methyl sites for hydroxylation is 1. The van der Waals surface area contributed by atoms with Gasteiger partial charge >= 0.3 is 0 Å². The maximum atomic E-state index is 12.5. The van der Waals surface area contributed by atoms with Gasteiger partial charge in [0.1, 0.15) is 5.75 Å². The van der Waals surface area contributed by atoms with Gasteiger partial charge in [-0.3, -0.25) is 9.69 Å². The van der Waals surface area contributed by atoms with Crippen LogP contribution < -0.4 is 0 Å². The van der Waals surface area contributed by atoms with E-state index >= 15 is 0 Å². The highest BCUT2D eigenvalue weighted by molar-refractivity contribution is 5.97. The summed E-state index contributed by atoms with van der Waals surface area (Å²) in [5.74, 6) is 0.0473. The minimum absolute atomic E-state index is 0.0396. The van der Waals surface area contributed by atoms with Gasteiger partial charge < -0.3 is 10.0 Å². The zero-order chi connectivity index (χ0) is 14.8. The van der Waals surface area contributed by atoms with E-state index in [1.807, 2.05) is 17.9 Å². The van der Waals surface area contributed by atoms with Crippen molar-refractivity contribution in [2.45, 2.75) is 38.6 Å². The van der Waals surface area contributed by atoms with Crippen molar-refractivity contribution in [2.75, 3.05) is 26.2 Å². The molecule has 21 heavy (non-hydrogen) atoms. The first kappa shape index (κ1) is 14.4. The molecular formula is C17H24N2O2. The maximum absolute atomic E-state index is 12.5. The number of nitrogens with zero attached hydrogens (tertiary/aromatic N) is 2.